The van der Waals surface area contributed by atoms with E-state index in [1.54, 1.807) is 10.8 Å². The van der Waals surface area contributed by atoms with Crippen molar-refractivity contribution in [3.05, 3.63) is 0 Å². The minimum atomic E-state index is -0.971. The lowest BCUT2D eigenvalue weighted by molar-refractivity contribution is -0.137. The number of rotatable bonds is 8. The third-order valence-electron chi connectivity index (χ3n) is 1.20. The molecule has 0 saturated carbocycles. The molecule has 6 heteroatoms. The Labute approximate surface area is 85.0 Å². The van der Waals surface area contributed by atoms with Crippen LogP contribution in [-0.4, -0.2) is 34.9 Å². The van der Waals surface area contributed by atoms with E-state index in [0.717, 1.165) is 18.5 Å². The second-order valence-electron chi connectivity index (χ2n) is 2.36. The molecule has 0 amide bonds. The lowest BCUT2D eigenvalue weighted by Gasteiger charge is -2.04. The zero-order valence-corrected chi connectivity index (χ0v) is 8.77. The maximum atomic E-state index is 10.3. The fraction of sp³-hybridized carbons (Fsp3) is 0.714. The summed E-state index contributed by atoms with van der Waals surface area (Å²) in [5.41, 5.74) is 5.27. The van der Waals surface area contributed by atoms with Crippen LogP contribution in [-0.2, 0) is 9.59 Å². The number of carbonyl (C=O) groups excluding carboxylic acids is 1. The number of hydrogen-bond acceptors (Lipinski definition) is 5. The molecule has 0 aliphatic carbocycles. The summed E-state index contributed by atoms with van der Waals surface area (Å²) in [6, 6.07) is -0.788. The van der Waals surface area contributed by atoms with Gasteiger partial charge in [0.1, 0.15) is 12.3 Å². The predicted octanol–water partition coefficient (Wildman–Crippen LogP) is 0.759. The van der Waals surface area contributed by atoms with Crippen molar-refractivity contribution in [1.82, 2.24) is 0 Å². The molecule has 4 nitrogen and oxygen atoms in total. The molecule has 0 aromatic rings. The van der Waals surface area contributed by atoms with Crippen molar-refractivity contribution in [3.8, 4) is 0 Å². The molecule has 0 saturated heterocycles. The Hall–Kier alpha value is -0.200. The van der Waals surface area contributed by atoms with Crippen LogP contribution in [0, 0.1) is 0 Å². The van der Waals surface area contributed by atoms with E-state index in [1.807, 2.05) is 0 Å². The summed E-state index contributed by atoms with van der Waals surface area (Å²) in [5, 5.41) is 8.43. The highest BCUT2D eigenvalue weighted by Crippen LogP contribution is 2.22. The van der Waals surface area contributed by atoms with E-state index in [9.17, 15) is 9.59 Å². The lowest BCUT2D eigenvalue weighted by Crippen LogP contribution is -2.32. The first-order valence-corrected chi connectivity index (χ1v) is 6.33. The van der Waals surface area contributed by atoms with E-state index in [1.165, 1.54) is 10.8 Å². The summed E-state index contributed by atoms with van der Waals surface area (Å²) in [6.45, 7) is 0. The maximum Gasteiger partial charge on any atom is 0.321 e. The fourth-order valence-corrected chi connectivity index (χ4v) is 2.70. The zero-order valence-electron chi connectivity index (χ0n) is 7.14. The van der Waals surface area contributed by atoms with Crippen molar-refractivity contribution in [1.29, 1.82) is 0 Å². The van der Waals surface area contributed by atoms with Crippen LogP contribution in [0.1, 0.15) is 12.8 Å². The van der Waals surface area contributed by atoms with Gasteiger partial charge in [0.15, 0.2) is 0 Å². The highest BCUT2D eigenvalue weighted by molar-refractivity contribution is 8.76. The molecule has 0 fully saturated rings. The van der Waals surface area contributed by atoms with E-state index in [2.05, 4.69) is 0 Å². The monoisotopic (exact) mass is 223 g/mol. The van der Waals surface area contributed by atoms with Crippen LogP contribution < -0.4 is 5.73 Å². The molecule has 0 radical (unpaired) electrons. The summed E-state index contributed by atoms with van der Waals surface area (Å²) in [7, 11) is 2.99. The quantitative estimate of drug-likeness (QED) is 0.359. The van der Waals surface area contributed by atoms with Gasteiger partial charge in [-0.2, -0.15) is 0 Å². The van der Waals surface area contributed by atoms with Crippen LogP contribution >= 0.6 is 21.6 Å². The number of aliphatic carboxylic acids is 1. The Kier molecular flexibility index (Phi) is 8.27. The molecule has 0 aromatic carbocycles. The summed E-state index contributed by atoms with van der Waals surface area (Å²) in [4.78, 5) is 20.2. The molecule has 76 valence electrons. The first kappa shape index (κ1) is 12.8. The molecule has 3 N–H and O–H groups in total. The van der Waals surface area contributed by atoms with Gasteiger partial charge in [0, 0.05) is 17.9 Å². The van der Waals surface area contributed by atoms with Gasteiger partial charge >= 0.3 is 5.97 Å². The fourth-order valence-electron chi connectivity index (χ4n) is 0.477. The largest absolute Gasteiger partial charge is 0.480 e. The summed E-state index contributed by atoms with van der Waals surface area (Å²) in [6.07, 6.45) is 2.29. The molecule has 0 heterocycles. The molecule has 0 aromatic heterocycles. The second-order valence-corrected chi connectivity index (χ2v) is 4.99. The molecule has 1 atom stereocenters. The number of nitrogens with two attached hydrogens (primary N) is 1. The Morgan fingerprint density at radius 1 is 1.54 bits per heavy atom. The van der Waals surface area contributed by atoms with Crippen molar-refractivity contribution in [3.63, 3.8) is 0 Å². The van der Waals surface area contributed by atoms with E-state index in [0.29, 0.717) is 12.2 Å². The van der Waals surface area contributed by atoms with Gasteiger partial charge in [-0.25, -0.2) is 0 Å². The van der Waals surface area contributed by atoms with Gasteiger partial charge in [-0.1, -0.05) is 21.6 Å². The number of hydrogen-bond donors (Lipinski definition) is 2. The summed E-state index contributed by atoms with van der Waals surface area (Å²) in [5.74, 6) is 0.289. The summed E-state index contributed by atoms with van der Waals surface area (Å²) < 4.78 is 0. The van der Waals surface area contributed by atoms with Crippen molar-refractivity contribution in [2.24, 2.45) is 5.73 Å². The van der Waals surface area contributed by atoms with Crippen LogP contribution in [0.2, 0.25) is 0 Å². The predicted molar refractivity (Wildman–Crippen MR) is 55.8 cm³/mol. The van der Waals surface area contributed by atoms with Gasteiger partial charge in [-0.05, 0) is 6.42 Å². The van der Waals surface area contributed by atoms with Crippen LogP contribution in [0.3, 0.4) is 0 Å². The van der Waals surface area contributed by atoms with Gasteiger partial charge in [0.25, 0.3) is 0 Å². The minimum absolute atomic E-state index is 0.404. The Morgan fingerprint density at radius 2 is 2.23 bits per heavy atom. The number of carboxylic acids is 1. The van der Waals surface area contributed by atoms with E-state index in [4.69, 9.17) is 10.8 Å². The molecule has 0 bridgehead atoms. The van der Waals surface area contributed by atoms with E-state index < -0.39 is 12.0 Å². The SMILES string of the molecule is N[C@@H](CSSCCCC=O)C(=O)O. The van der Waals surface area contributed by atoms with Crippen molar-refractivity contribution >= 4 is 33.8 Å². The van der Waals surface area contributed by atoms with Gasteiger partial charge in [0.2, 0.25) is 0 Å². The van der Waals surface area contributed by atoms with Crippen LogP contribution in [0.5, 0.6) is 0 Å². The zero-order chi connectivity index (χ0) is 10.1. The van der Waals surface area contributed by atoms with Crippen molar-refractivity contribution in [2.75, 3.05) is 11.5 Å². The van der Waals surface area contributed by atoms with Gasteiger partial charge < -0.3 is 15.6 Å². The Balaban J connectivity index is 3.15. The standard InChI is InChI=1S/C7H13NO3S2/c8-6(7(10)11)5-13-12-4-2-1-3-9/h3,6H,1-2,4-5,8H2,(H,10,11)/t6-/m0/s1. The topological polar surface area (TPSA) is 80.4 Å². The summed E-state index contributed by atoms with van der Waals surface area (Å²) >= 11 is 0. The highest BCUT2D eigenvalue weighted by atomic mass is 33.1. The average molecular weight is 223 g/mol. The van der Waals surface area contributed by atoms with Crippen LogP contribution in [0.25, 0.3) is 0 Å². The minimum Gasteiger partial charge on any atom is -0.480 e. The van der Waals surface area contributed by atoms with Gasteiger partial charge in [-0.15, -0.1) is 0 Å². The Morgan fingerprint density at radius 3 is 2.77 bits per heavy atom. The van der Waals surface area contributed by atoms with Crippen molar-refractivity contribution in [2.45, 2.75) is 18.9 Å². The first-order chi connectivity index (χ1) is 6.18. The van der Waals surface area contributed by atoms with Crippen LogP contribution in [0.15, 0.2) is 0 Å². The second kappa shape index (κ2) is 8.40. The Bertz CT molecular complexity index is 166. The molecular weight excluding hydrogens is 210 g/mol. The third-order valence-corrected chi connectivity index (χ3v) is 3.72. The molecule has 0 rings (SSSR count). The van der Waals surface area contributed by atoms with Crippen LogP contribution in [0.4, 0.5) is 0 Å². The number of carbonyl (C=O) groups is 2. The molecule has 0 aliphatic rings. The molecule has 0 unspecified atom stereocenters. The lowest BCUT2D eigenvalue weighted by atomic mass is 10.4. The van der Waals surface area contributed by atoms with Crippen molar-refractivity contribution < 1.29 is 14.7 Å². The van der Waals surface area contributed by atoms with Gasteiger partial charge in [0.05, 0.1) is 0 Å². The smallest absolute Gasteiger partial charge is 0.321 e. The third kappa shape index (κ3) is 8.14. The van der Waals surface area contributed by atoms with E-state index >= 15 is 0 Å². The number of carboxylic acid groups (broad SMARTS) is 1. The molecule has 0 aliphatic heterocycles. The number of unbranched alkanes of at least 4 members (excludes halogenated alkanes) is 1. The van der Waals surface area contributed by atoms with E-state index in [-0.39, 0.29) is 0 Å². The average Bonchev–Trinajstić information content (AvgIpc) is 2.10. The normalized spacial score (nSPS) is 12.4. The number of aldehydes is 1. The molecule has 13 heavy (non-hydrogen) atoms. The molecular formula is C7H13NO3S2. The molecule has 0 spiro atoms. The highest BCUT2D eigenvalue weighted by Gasteiger charge is 2.10. The maximum absolute atomic E-state index is 10.3. The first-order valence-electron chi connectivity index (χ1n) is 3.85. The van der Waals surface area contributed by atoms with Gasteiger partial charge in [-0.3, -0.25) is 4.79 Å².